The molecule has 20 heavy (non-hydrogen) atoms. The first kappa shape index (κ1) is 19.6. The molecule has 0 aliphatic carbocycles. The summed E-state index contributed by atoms with van der Waals surface area (Å²) in [6.45, 7) is 19.4. The zero-order chi connectivity index (χ0) is 16.2. The number of Topliss-reactive ketones (excluding diaryl/α,β-unsaturated/α-hetero) is 1. The zero-order valence-electron chi connectivity index (χ0n) is 15.2. The van der Waals surface area contributed by atoms with Crippen LogP contribution in [0.2, 0.25) is 0 Å². The summed E-state index contributed by atoms with van der Waals surface area (Å²) in [7, 11) is 0. The summed E-state index contributed by atoms with van der Waals surface area (Å²) in [6.07, 6.45) is 3.44. The second-order valence-corrected chi connectivity index (χ2v) is 9.13. The molecule has 0 aromatic heterocycles. The Morgan fingerprint density at radius 3 is 1.90 bits per heavy atom. The van der Waals surface area contributed by atoms with Gasteiger partial charge in [-0.05, 0) is 38.0 Å². The monoisotopic (exact) mass is 284 g/mol. The number of hydrogen-bond donors (Lipinski definition) is 0. The van der Waals surface area contributed by atoms with Crippen LogP contribution in [0.3, 0.4) is 0 Å². The lowest BCUT2D eigenvalue weighted by molar-refractivity contribution is -0.137. The van der Waals surface area contributed by atoms with Crippen LogP contribution >= 0.6 is 0 Å². The van der Waals surface area contributed by atoms with Crippen LogP contribution in [0, 0.1) is 16.7 Å². The number of carbonyl (C=O) groups excluding carboxylic acids is 1. The van der Waals surface area contributed by atoms with Crippen LogP contribution in [0.4, 0.5) is 0 Å². The first-order chi connectivity index (χ1) is 8.73. The van der Waals surface area contributed by atoms with Crippen LogP contribution in [0.5, 0.6) is 0 Å². The molecule has 0 bridgehead atoms. The molecule has 0 heterocycles. The predicted octanol–water partition coefficient (Wildman–Crippen LogP) is 5.25. The van der Waals surface area contributed by atoms with Crippen molar-refractivity contribution in [3.05, 3.63) is 0 Å². The van der Waals surface area contributed by atoms with E-state index in [0.29, 0.717) is 11.3 Å². The third kappa shape index (κ3) is 9.52. The molecular weight excluding hydrogens is 248 g/mol. The van der Waals surface area contributed by atoms with Gasteiger partial charge in [0.2, 0.25) is 0 Å². The topological polar surface area (TPSA) is 26.3 Å². The molecule has 0 saturated heterocycles. The second kappa shape index (κ2) is 7.06. The fourth-order valence-corrected chi connectivity index (χ4v) is 2.16. The van der Waals surface area contributed by atoms with E-state index >= 15 is 0 Å². The van der Waals surface area contributed by atoms with Gasteiger partial charge in [-0.1, -0.05) is 54.9 Å². The van der Waals surface area contributed by atoms with Crippen molar-refractivity contribution in [3.63, 3.8) is 0 Å². The molecule has 1 unspecified atom stereocenters. The van der Waals surface area contributed by atoms with Gasteiger partial charge in [0.05, 0.1) is 5.60 Å². The molecule has 0 amide bonds. The fourth-order valence-electron chi connectivity index (χ4n) is 2.16. The zero-order valence-corrected chi connectivity index (χ0v) is 15.2. The lowest BCUT2D eigenvalue weighted by atomic mass is 9.83. The van der Waals surface area contributed by atoms with E-state index in [1.54, 1.807) is 0 Å². The van der Waals surface area contributed by atoms with Crippen molar-refractivity contribution in [1.82, 2.24) is 0 Å². The molecule has 0 spiro atoms. The normalized spacial score (nSPS) is 15.2. The van der Waals surface area contributed by atoms with Crippen molar-refractivity contribution in [2.24, 2.45) is 16.7 Å². The minimum atomic E-state index is -0.312. The maximum atomic E-state index is 11.9. The van der Waals surface area contributed by atoms with E-state index < -0.39 is 0 Å². The smallest absolute Gasteiger partial charge is 0.163 e. The van der Waals surface area contributed by atoms with Crippen LogP contribution in [0.1, 0.15) is 81.6 Å². The Hall–Kier alpha value is -0.370. The van der Waals surface area contributed by atoms with Crippen LogP contribution in [0.15, 0.2) is 0 Å². The molecule has 0 aromatic rings. The third-order valence-electron chi connectivity index (χ3n) is 3.66. The van der Waals surface area contributed by atoms with Crippen molar-refractivity contribution >= 4 is 5.78 Å². The van der Waals surface area contributed by atoms with Crippen molar-refractivity contribution in [2.45, 2.75) is 87.2 Å². The quantitative estimate of drug-likeness (QED) is 0.638. The lowest BCUT2D eigenvalue weighted by Crippen LogP contribution is -2.33. The van der Waals surface area contributed by atoms with Crippen molar-refractivity contribution < 1.29 is 9.53 Å². The largest absolute Gasteiger partial charge is 0.368 e. The van der Waals surface area contributed by atoms with Gasteiger partial charge in [0.25, 0.3) is 0 Å². The van der Waals surface area contributed by atoms with Gasteiger partial charge in [-0.2, -0.15) is 0 Å². The average molecular weight is 284 g/mol. The highest BCUT2D eigenvalue weighted by Gasteiger charge is 2.27. The van der Waals surface area contributed by atoms with E-state index in [-0.39, 0.29) is 23.4 Å². The molecule has 0 N–H and O–H groups in total. The molecule has 0 fully saturated rings. The van der Waals surface area contributed by atoms with E-state index in [1.165, 1.54) is 12.8 Å². The molecule has 2 heteroatoms. The number of carbonyl (C=O) groups is 1. The average Bonchev–Trinajstić information content (AvgIpc) is 2.20. The summed E-state index contributed by atoms with van der Waals surface area (Å²) in [5, 5.41) is 0. The second-order valence-electron chi connectivity index (χ2n) is 9.13. The lowest BCUT2D eigenvalue weighted by Gasteiger charge is -2.30. The SMILES string of the molecule is CC(CCC(C)(C)C)CC(C)(C)OCC(=O)C(C)(C)C. The highest BCUT2D eigenvalue weighted by molar-refractivity contribution is 5.84. The van der Waals surface area contributed by atoms with Crippen molar-refractivity contribution in [3.8, 4) is 0 Å². The van der Waals surface area contributed by atoms with Gasteiger partial charge in [-0.25, -0.2) is 0 Å². The molecule has 1 atom stereocenters. The van der Waals surface area contributed by atoms with Gasteiger partial charge in [0.15, 0.2) is 5.78 Å². The van der Waals surface area contributed by atoms with Gasteiger partial charge >= 0.3 is 0 Å². The summed E-state index contributed by atoms with van der Waals surface area (Å²) in [4.78, 5) is 11.9. The van der Waals surface area contributed by atoms with Crippen LogP contribution in [0.25, 0.3) is 0 Å². The molecular formula is C18H36O2. The van der Waals surface area contributed by atoms with Crippen LogP contribution in [-0.4, -0.2) is 18.0 Å². The van der Waals surface area contributed by atoms with Gasteiger partial charge in [-0.15, -0.1) is 0 Å². The Bertz CT molecular complexity index is 302. The minimum absolute atomic E-state index is 0.174. The van der Waals surface area contributed by atoms with Crippen molar-refractivity contribution in [1.29, 1.82) is 0 Å². The van der Waals surface area contributed by atoms with Gasteiger partial charge in [-0.3, -0.25) is 4.79 Å². The summed E-state index contributed by atoms with van der Waals surface area (Å²) >= 11 is 0. The van der Waals surface area contributed by atoms with Gasteiger partial charge in [0, 0.05) is 5.41 Å². The van der Waals surface area contributed by atoms with Crippen LogP contribution in [-0.2, 0) is 9.53 Å². The summed E-state index contributed by atoms with van der Waals surface area (Å²) in [5.41, 5.74) is -0.145. The first-order valence-corrected chi connectivity index (χ1v) is 7.90. The summed E-state index contributed by atoms with van der Waals surface area (Å²) in [5.74, 6) is 0.793. The molecule has 0 saturated carbocycles. The highest BCUT2D eigenvalue weighted by atomic mass is 16.5. The molecule has 0 aliphatic rings. The van der Waals surface area contributed by atoms with Gasteiger partial charge < -0.3 is 4.74 Å². The molecule has 0 radical (unpaired) electrons. The first-order valence-electron chi connectivity index (χ1n) is 7.90. The van der Waals surface area contributed by atoms with E-state index in [0.717, 1.165) is 6.42 Å². The Morgan fingerprint density at radius 2 is 1.50 bits per heavy atom. The highest BCUT2D eigenvalue weighted by Crippen LogP contribution is 2.29. The predicted molar refractivity (Wildman–Crippen MR) is 87.0 cm³/mol. The van der Waals surface area contributed by atoms with Gasteiger partial charge in [0.1, 0.15) is 6.61 Å². The minimum Gasteiger partial charge on any atom is -0.368 e. The molecule has 0 aliphatic heterocycles. The maximum absolute atomic E-state index is 11.9. The van der Waals surface area contributed by atoms with E-state index in [9.17, 15) is 4.79 Å². The maximum Gasteiger partial charge on any atom is 0.163 e. The van der Waals surface area contributed by atoms with E-state index in [2.05, 4.69) is 41.5 Å². The summed E-state index contributed by atoms with van der Waals surface area (Å²) < 4.78 is 5.87. The molecule has 0 rings (SSSR count). The Labute approximate surface area is 126 Å². The Morgan fingerprint density at radius 1 is 1.00 bits per heavy atom. The Balaban J connectivity index is 4.21. The summed E-state index contributed by atoms with van der Waals surface area (Å²) in [6, 6.07) is 0. The molecule has 2 nitrogen and oxygen atoms in total. The molecule has 0 aromatic carbocycles. The number of ether oxygens (including phenoxy) is 1. The number of ketones is 1. The third-order valence-corrected chi connectivity index (χ3v) is 3.66. The standard InChI is InChI=1S/C18H36O2/c1-14(10-11-16(2,3)4)12-18(8,9)20-13-15(19)17(5,6)7/h14H,10-13H2,1-9H3. The van der Waals surface area contributed by atoms with Crippen LogP contribution < -0.4 is 0 Å². The van der Waals surface area contributed by atoms with Crippen molar-refractivity contribution in [2.75, 3.05) is 6.61 Å². The fraction of sp³-hybridized carbons (Fsp3) is 0.944. The molecule has 120 valence electrons. The number of hydrogen-bond acceptors (Lipinski definition) is 2. The van der Waals surface area contributed by atoms with E-state index in [4.69, 9.17) is 4.74 Å². The van der Waals surface area contributed by atoms with E-state index in [1.807, 2.05) is 20.8 Å². The number of rotatable bonds is 7. The Kier molecular flexibility index (Phi) is 6.93.